The minimum Gasteiger partial charge on any atom is -0.481 e. The molecule has 0 spiro atoms. The molecule has 2 N–H and O–H groups in total. The number of nitrogens with one attached hydrogen (secondary N) is 1. The summed E-state index contributed by atoms with van der Waals surface area (Å²) in [6.07, 6.45) is 0. The van der Waals surface area contributed by atoms with Crippen LogP contribution in [0.1, 0.15) is 41.5 Å². The molecule has 1 atom stereocenters. The van der Waals surface area contributed by atoms with Crippen molar-refractivity contribution in [1.82, 2.24) is 10.2 Å². The van der Waals surface area contributed by atoms with E-state index < -0.39 is 23.1 Å². The molecule has 122 valence electrons. The van der Waals surface area contributed by atoms with Crippen LogP contribution in [0.2, 0.25) is 0 Å². The number of nitrogens with zero attached hydrogens (tertiary/aromatic N) is 1. The minimum atomic E-state index is -0.882. The van der Waals surface area contributed by atoms with Crippen molar-refractivity contribution < 1.29 is 19.4 Å². The van der Waals surface area contributed by atoms with Crippen molar-refractivity contribution in [3.8, 4) is 0 Å². The first-order chi connectivity index (χ1) is 9.43. The van der Waals surface area contributed by atoms with Crippen LogP contribution in [-0.4, -0.2) is 52.8 Å². The van der Waals surface area contributed by atoms with Crippen molar-refractivity contribution in [2.24, 2.45) is 11.8 Å². The molecule has 1 saturated heterocycles. The number of aliphatic carboxylic acids is 1. The zero-order valence-corrected chi connectivity index (χ0v) is 13.9. The Morgan fingerprint density at radius 2 is 1.67 bits per heavy atom. The Hall–Kier alpha value is -1.30. The van der Waals surface area contributed by atoms with Crippen LogP contribution in [-0.2, 0) is 9.53 Å². The standard InChI is InChI=1S/C15H28N2O4/c1-10(2)11(12(18)19)7-16-13(20)17-8-14(3,4)21-15(5,6)9-17/h10-11H,7-9H2,1-6H3,(H,16,20)(H,18,19). The summed E-state index contributed by atoms with van der Waals surface area (Å²) < 4.78 is 5.93. The SMILES string of the molecule is CC(C)C(CNC(=O)N1CC(C)(C)OC(C)(C)C1)C(=O)O. The van der Waals surface area contributed by atoms with Crippen molar-refractivity contribution in [3.63, 3.8) is 0 Å². The van der Waals surface area contributed by atoms with E-state index in [1.807, 2.05) is 41.5 Å². The zero-order valence-electron chi connectivity index (χ0n) is 13.9. The molecule has 0 aliphatic carbocycles. The van der Waals surface area contributed by atoms with Crippen LogP contribution in [0.4, 0.5) is 4.79 Å². The van der Waals surface area contributed by atoms with Gasteiger partial charge in [0.15, 0.2) is 0 Å². The Morgan fingerprint density at radius 3 is 2.05 bits per heavy atom. The number of ether oxygens (including phenoxy) is 1. The van der Waals surface area contributed by atoms with Gasteiger partial charge in [-0.05, 0) is 33.6 Å². The number of carbonyl (C=O) groups excluding carboxylic acids is 1. The van der Waals surface area contributed by atoms with Gasteiger partial charge in [-0.3, -0.25) is 4.79 Å². The second-order valence-corrected chi connectivity index (χ2v) is 7.35. The molecule has 1 rings (SSSR count). The van der Waals surface area contributed by atoms with E-state index in [9.17, 15) is 9.59 Å². The molecule has 0 aromatic heterocycles. The molecule has 1 aliphatic rings. The van der Waals surface area contributed by atoms with E-state index in [0.717, 1.165) is 0 Å². The lowest BCUT2D eigenvalue weighted by atomic mass is 9.96. The lowest BCUT2D eigenvalue weighted by Gasteiger charge is -2.47. The number of carbonyl (C=O) groups is 2. The molecule has 0 bridgehead atoms. The van der Waals surface area contributed by atoms with E-state index in [2.05, 4.69) is 5.32 Å². The van der Waals surface area contributed by atoms with Crippen LogP contribution >= 0.6 is 0 Å². The van der Waals surface area contributed by atoms with Crippen molar-refractivity contribution in [1.29, 1.82) is 0 Å². The van der Waals surface area contributed by atoms with E-state index in [1.165, 1.54) is 0 Å². The molecular weight excluding hydrogens is 272 g/mol. The summed E-state index contributed by atoms with van der Waals surface area (Å²) in [5.41, 5.74) is -0.827. The molecule has 2 amide bonds. The van der Waals surface area contributed by atoms with Crippen LogP contribution < -0.4 is 5.32 Å². The van der Waals surface area contributed by atoms with Crippen molar-refractivity contribution in [2.45, 2.75) is 52.7 Å². The highest BCUT2D eigenvalue weighted by Gasteiger charge is 2.40. The van der Waals surface area contributed by atoms with Gasteiger partial charge >= 0.3 is 12.0 Å². The summed E-state index contributed by atoms with van der Waals surface area (Å²) in [6, 6.07) is -0.230. The maximum absolute atomic E-state index is 12.3. The molecule has 1 fully saturated rings. The van der Waals surface area contributed by atoms with E-state index >= 15 is 0 Å². The number of carboxylic acid groups (broad SMARTS) is 1. The molecular formula is C15H28N2O4. The molecule has 0 radical (unpaired) electrons. The van der Waals surface area contributed by atoms with Gasteiger partial charge in [-0.15, -0.1) is 0 Å². The summed E-state index contributed by atoms with van der Waals surface area (Å²) >= 11 is 0. The number of urea groups is 1. The molecule has 0 aromatic rings. The van der Waals surface area contributed by atoms with Gasteiger partial charge in [0.1, 0.15) is 0 Å². The van der Waals surface area contributed by atoms with Gasteiger partial charge in [0.2, 0.25) is 0 Å². The minimum absolute atomic E-state index is 0.0274. The van der Waals surface area contributed by atoms with Gasteiger partial charge in [0.25, 0.3) is 0 Å². The summed E-state index contributed by atoms with van der Waals surface area (Å²) in [4.78, 5) is 25.1. The molecule has 0 saturated carbocycles. The zero-order chi connectivity index (χ0) is 16.4. The highest BCUT2D eigenvalue weighted by atomic mass is 16.5. The smallest absolute Gasteiger partial charge is 0.317 e. The number of carboxylic acids is 1. The van der Waals surface area contributed by atoms with Crippen molar-refractivity contribution >= 4 is 12.0 Å². The van der Waals surface area contributed by atoms with Gasteiger partial charge in [-0.25, -0.2) is 4.79 Å². The lowest BCUT2D eigenvalue weighted by molar-refractivity contribution is -0.170. The Morgan fingerprint density at radius 1 is 1.19 bits per heavy atom. The predicted octanol–water partition coefficient (Wildman–Crippen LogP) is 1.94. The lowest BCUT2D eigenvalue weighted by Crippen LogP contribution is -2.60. The van der Waals surface area contributed by atoms with Crippen LogP contribution in [0, 0.1) is 11.8 Å². The fraction of sp³-hybridized carbons (Fsp3) is 0.867. The van der Waals surface area contributed by atoms with E-state index in [4.69, 9.17) is 9.84 Å². The maximum Gasteiger partial charge on any atom is 0.317 e. The van der Waals surface area contributed by atoms with Gasteiger partial charge in [-0.2, -0.15) is 0 Å². The molecule has 21 heavy (non-hydrogen) atoms. The third-order valence-electron chi connectivity index (χ3n) is 3.58. The first-order valence-electron chi connectivity index (χ1n) is 7.39. The molecule has 0 aromatic carbocycles. The Labute approximate surface area is 126 Å². The highest BCUT2D eigenvalue weighted by molar-refractivity contribution is 5.76. The number of morpholine rings is 1. The van der Waals surface area contributed by atoms with Gasteiger partial charge in [0, 0.05) is 6.54 Å². The maximum atomic E-state index is 12.3. The summed E-state index contributed by atoms with van der Waals surface area (Å²) in [6.45, 7) is 12.6. The summed E-state index contributed by atoms with van der Waals surface area (Å²) in [7, 11) is 0. The van der Waals surface area contributed by atoms with Crippen LogP contribution in [0.5, 0.6) is 0 Å². The van der Waals surface area contributed by atoms with E-state index in [-0.39, 0.29) is 18.5 Å². The summed E-state index contributed by atoms with van der Waals surface area (Å²) in [5.74, 6) is -1.48. The van der Waals surface area contributed by atoms with E-state index in [1.54, 1.807) is 4.90 Å². The molecule has 1 unspecified atom stereocenters. The molecule has 1 aliphatic heterocycles. The topological polar surface area (TPSA) is 78.9 Å². The number of hydrogen-bond donors (Lipinski definition) is 2. The second-order valence-electron chi connectivity index (χ2n) is 7.35. The first kappa shape index (κ1) is 17.8. The average molecular weight is 300 g/mol. The third kappa shape index (κ3) is 5.19. The Kier molecular flexibility index (Phi) is 5.25. The molecule has 6 heteroatoms. The largest absolute Gasteiger partial charge is 0.481 e. The normalized spacial score (nSPS) is 22.0. The fourth-order valence-corrected chi connectivity index (χ4v) is 2.85. The van der Waals surface area contributed by atoms with Crippen LogP contribution in [0.15, 0.2) is 0 Å². The van der Waals surface area contributed by atoms with E-state index in [0.29, 0.717) is 13.1 Å². The Bertz CT molecular complexity index is 388. The second kappa shape index (κ2) is 6.22. The third-order valence-corrected chi connectivity index (χ3v) is 3.58. The molecule has 6 nitrogen and oxygen atoms in total. The van der Waals surface area contributed by atoms with Crippen molar-refractivity contribution in [3.05, 3.63) is 0 Å². The number of hydrogen-bond acceptors (Lipinski definition) is 3. The fourth-order valence-electron chi connectivity index (χ4n) is 2.85. The quantitative estimate of drug-likeness (QED) is 0.831. The predicted molar refractivity (Wildman–Crippen MR) is 80.2 cm³/mol. The Balaban J connectivity index is 2.65. The average Bonchev–Trinajstić information content (AvgIpc) is 2.23. The van der Waals surface area contributed by atoms with Gasteiger partial charge in [0.05, 0.1) is 30.2 Å². The van der Waals surface area contributed by atoms with Gasteiger partial charge < -0.3 is 20.1 Å². The number of amides is 2. The highest BCUT2D eigenvalue weighted by Crippen LogP contribution is 2.28. The van der Waals surface area contributed by atoms with Crippen LogP contribution in [0.25, 0.3) is 0 Å². The first-order valence-corrected chi connectivity index (χ1v) is 7.39. The monoisotopic (exact) mass is 300 g/mol. The summed E-state index contributed by atoms with van der Waals surface area (Å²) in [5, 5.41) is 11.9. The number of rotatable bonds is 4. The van der Waals surface area contributed by atoms with Gasteiger partial charge in [-0.1, -0.05) is 13.8 Å². The molecule has 1 heterocycles. The van der Waals surface area contributed by atoms with Crippen LogP contribution in [0.3, 0.4) is 0 Å². The van der Waals surface area contributed by atoms with Crippen molar-refractivity contribution in [2.75, 3.05) is 19.6 Å².